The molecule has 1 aliphatic heterocycles. The molecule has 1 atom stereocenters. The van der Waals surface area contributed by atoms with Crippen molar-refractivity contribution in [3.05, 3.63) is 302 Å². The van der Waals surface area contributed by atoms with Gasteiger partial charge < -0.3 is 28.0 Å². The minimum Gasteiger partial charge on any atom is -0.453 e. The van der Waals surface area contributed by atoms with Gasteiger partial charge in [0.25, 0.3) is 0 Å². The maximum absolute atomic E-state index is 7.13. The van der Waals surface area contributed by atoms with Gasteiger partial charge in [0, 0.05) is 105 Å². The van der Waals surface area contributed by atoms with E-state index in [1.165, 1.54) is 87.9 Å². The molecule has 6 heteroatoms. The second kappa shape index (κ2) is 18.8. The Hall–Kier alpha value is -11.9. The third kappa shape index (κ3) is 6.87. The van der Waals surface area contributed by atoms with E-state index in [0.717, 1.165) is 107 Å². The van der Waals surface area contributed by atoms with Gasteiger partial charge in [0.2, 0.25) is 0 Å². The highest BCUT2D eigenvalue weighted by atomic mass is 16.3. The number of fused-ring (bicyclic) bond motifs is 18. The van der Waals surface area contributed by atoms with Crippen molar-refractivity contribution in [2.24, 2.45) is 0 Å². The van der Waals surface area contributed by atoms with Crippen LogP contribution in [0.1, 0.15) is 17.9 Å². The molecule has 0 saturated heterocycles. The maximum Gasteiger partial charge on any atom is 0.159 e. The standard InChI is InChI=1S/C84H52N4O2/c1-6-22-50(23-7-1)57-32-16-36-61-63-38-20-42-69(83(63)89-81(57)61)85-54-44-46-70-67(48-54)59-34-18-40-65-75-74(53-28-12-4-13-29-53)80-76(73(52-26-10-3-11-27-52)79(75)87(70)77(59)65)66-41-19-35-60-68-49-56(45-47-71(68)88(80)78(60)66)86(55-30-14-5-15-31-55)72-43-21-39-64-62-37-17-33-58(82(62)90-84(64)72)51-24-8-2-9-25-51/h1-47,49,67,85H,48H2. The molecule has 20 rings (SSSR count). The predicted molar refractivity (Wildman–Crippen MR) is 375 cm³/mol. The fourth-order valence-electron chi connectivity index (χ4n) is 15.8. The number of rotatable bonds is 9. The molecule has 18 aromatic rings. The molecule has 0 spiro atoms. The number of para-hydroxylation sites is 7. The molecule has 6 heterocycles. The number of hydrogen-bond donors (Lipinski definition) is 1. The molecule has 420 valence electrons. The zero-order chi connectivity index (χ0) is 58.7. The molecule has 0 radical (unpaired) electrons. The third-order valence-corrected chi connectivity index (χ3v) is 19.5. The van der Waals surface area contributed by atoms with Crippen LogP contribution in [0.4, 0.5) is 22.7 Å². The monoisotopic (exact) mass is 1150 g/mol. The van der Waals surface area contributed by atoms with Crippen LogP contribution in [0.25, 0.3) is 154 Å². The number of anilines is 4. The van der Waals surface area contributed by atoms with Gasteiger partial charge in [-0.15, -0.1) is 0 Å². The zero-order valence-corrected chi connectivity index (χ0v) is 48.7. The van der Waals surface area contributed by atoms with E-state index in [9.17, 15) is 0 Å². The van der Waals surface area contributed by atoms with Gasteiger partial charge >= 0.3 is 0 Å². The summed E-state index contributed by atoms with van der Waals surface area (Å²) in [5.41, 5.74) is 26.7. The maximum atomic E-state index is 7.13. The Morgan fingerprint density at radius 2 is 0.878 bits per heavy atom. The van der Waals surface area contributed by atoms with Crippen molar-refractivity contribution in [3.8, 4) is 44.5 Å². The molecule has 2 aliphatic rings. The molecule has 1 aliphatic carbocycles. The van der Waals surface area contributed by atoms with Crippen molar-refractivity contribution < 1.29 is 8.83 Å². The highest BCUT2D eigenvalue weighted by molar-refractivity contribution is 6.37. The molecule has 1 N–H and O–H groups in total. The molecule has 1 unspecified atom stereocenters. The van der Waals surface area contributed by atoms with Crippen LogP contribution in [-0.2, 0) is 0 Å². The Bertz CT molecular complexity index is 6070. The SMILES string of the molecule is C1=C(Nc2cccc3c2oc2c(-c4ccccc4)cccc23)CC2C(=C1)n1c3c2cccc3c2c(-c3ccccc3)c3c(c(-c4ccccc4)c21)c1cccc2c4cc(N(c5ccccc5)c5cccc6c5oc5c(-c7ccccc7)cccc56)ccc4n3c21. The summed E-state index contributed by atoms with van der Waals surface area (Å²) in [5.74, 6) is 0.119. The molecule has 0 amide bonds. The lowest BCUT2D eigenvalue weighted by Gasteiger charge is -2.25. The first-order chi connectivity index (χ1) is 44.7. The Morgan fingerprint density at radius 1 is 0.367 bits per heavy atom. The van der Waals surface area contributed by atoms with Gasteiger partial charge in [-0.2, -0.15) is 0 Å². The fourth-order valence-corrected chi connectivity index (χ4v) is 15.8. The number of aromatic nitrogens is 2. The van der Waals surface area contributed by atoms with E-state index >= 15 is 0 Å². The molecule has 90 heavy (non-hydrogen) atoms. The molecule has 0 saturated carbocycles. The average molecular weight is 1150 g/mol. The van der Waals surface area contributed by atoms with Gasteiger partial charge in [0.15, 0.2) is 11.2 Å². The van der Waals surface area contributed by atoms with Crippen LogP contribution in [-0.4, -0.2) is 8.97 Å². The number of nitrogens with zero attached hydrogens (tertiary/aromatic N) is 3. The lowest BCUT2D eigenvalue weighted by Crippen LogP contribution is -2.11. The summed E-state index contributed by atoms with van der Waals surface area (Å²) in [4.78, 5) is 2.38. The van der Waals surface area contributed by atoms with Crippen LogP contribution in [0.3, 0.4) is 0 Å². The van der Waals surface area contributed by atoms with Gasteiger partial charge in [0.05, 0.1) is 39.0 Å². The van der Waals surface area contributed by atoms with Crippen LogP contribution in [0.5, 0.6) is 0 Å². The van der Waals surface area contributed by atoms with Crippen molar-refractivity contribution >= 4 is 132 Å². The molecular formula is C84H52N4O2. The zero-order valence-electron chi connectivity index (χ0n) is 48.7. The first-order valence-corrected chi connectivity index (χ1v) is 31.1. The fraction of sp³-hybridized carbons (Fsp3) is 0.0238. The topological polar surface area (TPSA) is 50.9 Å². The summed E-state index contributed by atoms with van der Waals surface area (Å²) >= 11 is 0. The Balaban J connectivity index is 0.807. The average Bonchev–Trinajstić information content (AvgIpc) is 1.50. The van der Waals surface area contributed by atoms with E-state index in [-0.39, 0.29) is 5.92 Å². The van der Waals surface area contributed by atoms with E-state index in [0.29, 0.717) is 0 Å². The Labute approximate surface area is 516 Å². The molecule has 0 bridgehead atoms. The van der Waals surface area contributed by atoms with E-state index in [4.69, 9.17) is 8.83 Å². The molecule has 6 nitrogen and oxygen atoms in total. The summed E-state index contributed by atoms with van der Waals surface area (Å²) in [5, 5.41) is 15.7. The summed E-state index contributed by atoms with van der Waals surface area (Å²) < 4.78 is 19.3. The largest absolute Gasteiger partial charge is 0.453 e. The normalized spacial score (nSPS) is 14.0. The summed E-state index contributed by atoms with van der Waals surface area (Å²) in [7, 11) is 0. The number of benzene rings is 13. The number of furan rings is 2. The summed E-state index contributed by atoms with van der Waals surface area (Å²) in [6, 6.07) is 101. The van der Waals surface area contributed by atoms with Crippen LogP contribution in [0.15, 0.2) is 306 Å². The minimum atomic E-state index is 0.119. The van der Waals surface area contributed by atoms with Crippen LogP contribution in [0.2, 0.25) is 0 Å². The molecule has 5 aromatic heterocycles. The first kappa shape index (κ1) is 49.3. The van der Waals surface area contributed by atoms with Crippen molar-refractivity contribution in [2.45, 2.75) is 12.3 Å². The number of hydrogen-bond acceptors (Lipinski definition) is 4. The lowest BCUT2D eigenvalue weighted by molar-refractivity contribution is 0.670. The summed E-state index contributed by atoms with van der Waals surface area (Å²) in [6.07, 6.45) is 5.50. The van der Waals surface area contributed by atoms with E-state index in [2.05, 4.69) is 310 Å². The summed E-state index contributed by atoms with van der Waals surface area (Å²) in [6.45, 7) is 0. The van der Waals surface area contributed by atoms with Gasteiger partial charge in [0.1, 0.15) is 11.2 Å². The molecule has 0 fully saturated rings. The second-order valence-corrected chi connectivity index (χ2v) is 24.2. The predicted octanol–water partition coefficient (Wildman–Crippen LogP) is 23.2. The lowest BCUT2D eigenvalue weighted by atomic mass is 9.86. The second-order valence-electron chi connectivity index (χ2n) is 24.2. The van der Waals surface area contributed by atoms with E-state index < -0.39 is 0 Å². The van der Waals surface area contributed by atoms with Crippen LogP contribution >= 0.6 is 0 Å². The van der Waals surface area contributed by atoms with Crippen molar-refractivity contribution in [3.63, 3.8) is 0 Å². The van der Waals surface area contributed by atoms with Crippen LogP contribution < -0.4 is 10.2 Å². The van der Waals surface area contributed by atoms with Gasteiger partial charge in [-0.25, -0.2) is 0 Å². The highest BCUT2D eigenvalue weighted by Gasteiger charge is 2.38. The minimum absolute atomic E-state index is 0.119. The van der Waals surface area contributed by atoms with Gasteiger partial charge in [-0.1, -0.05) is 237 Å². The highest BCUT2D eigenvalue weighted by Crippen LogP contribution is 2.58. The Morgan fingerprint density at radius 3 is 1.54 bits per heavy atom. The smallest absolute Gasteiger partial charge is 0.159 e. The van der Waals surface area contributed by atoms with Gasteiger partial charge in [-0.05, 0) is 88.9 Å². The quantitative estimate of drug-likeness (QED) is 0.156. The number of nitrogens with one attached hydrogen (secondary N) is 1. The van der Waals surface area contributed by atoms with E-state index in [1.54, 1.807) is 0 Å². The molecular weight excluding hydrogens is 1100 g/mol. The van der Waals surface area contributed by atoms with Crippen LogP contribution in [0, 0.1) is 0 Å². The molecule has 13 aromatic carbocycles. The third-order valence-electron chi connectivity index (χ3n) is 19.5. The van der Waals surface area contributed by atoms with Crippen molar-refractivity contribution in [1.29, 1.82) is 0 Å². The Kier molecular flexibility index (Phi) is 10.3. The first-order valence-electron chi connectivity index (χ1n) is 31.1. The number of allylic oxidation sites excluding steroid dienone is 4. The van der Waals surface area contributed by atoms with Crippen molar-refractivity contribution in [2.75, 3.05) is 10.2 Å². The van der Waals surface area contributed by atoms with Gasteiger partial charge in [-0.3, -0.25) is 0 Å². The van der Waals surface area contributed by atoms with E-state index in [1.807, 2.05) is 0 Å². The van der Waals surface area contributed by atoms with Crippen molar-refractivity contribution in [1.82, 2.24) is 8.97 Å².